The Kier molecular flexibility index (Phi) is 5.16. The second-order valence-corrected chi connectivity index (χ2v) is 9.26. The topological polar surface area (TPSA) is 81.0 Å². The number of hydrogen-bond donors (Lipinski definition) is 0. The summed E-state index contributed by atoms with van der Waals surface area (Å²) < 4.78 is 29.5. The number of imidazole rings is 1. The first-order chi connectivity index (χ1) is 13.1. The Hall–Kier alpha value is -1.97. The molecule has 1 saturated heterocycles. The van der Waals surface area contributed by atoms with Crippen LogP contribution < -0.4 is 0 Å². The van der Waals surface area contributed by atoms with Gasteiger partial charge in [0.25, 0.3) is 0 Å². The number of aromatic nitrogens is 4. The van der Waals surface area contributed by atoms with Crippen molar-refractivity contribution in [3.8, 4) is 0 Å². The summed E-state index contributed by atoms with van der Waals surface area (Å²) >= 11 is 1.38. The molecule has 142 valence electrons. The molecule has 7 nitrogen and oxygen atoms in total. The van der Waals surface area contributed by atoms with E-state index in [-0.39, 0.29) is 0 Å². The minimum atomic E-state index is -3.47. The van der Waals surface area contributed by atoms with Gasteiger partial charge in [0.2, 0.25) is 10.0 Å². The predicted molar refractivity (Wildman–Crippen MR) is 104 cm³/mol. The van der Waals surface area contributed by atoms with Gasteiger partial charge in [-0.15, -0.1) is 0 Å². The monoisotopic (exact) mass is 403 g/mol. The average molecular weight is 404 g/mol. The van der Waals surface area contributed by atoms with Gasteiger partial charge < -0.3 is 4.57 Å². The fourth-order valence-electron chi connectivity index (χ4n) is 3.31. The van der Waals surface area contributed by atoms with Gasteiger partial charge in [-0.1, -0.05) is 6.42 Å². The Morgan fingerprint density at radius 3 is 2.56 bits per heavy atom. The Balaban J connectivity index is 1.72. The number of rotatable bonds is 5. The lowest BCUT2D eigenvalue weighted by atomic mass is 10.2. The molecular weight excluding hydrogens is 382 g/mol. The molecule has 0 spiro atoms. The molecular formula is C18H21N5O2S2. The molecule has 3 heterocycles. The molecule has 0 aliphatic carbocycles. The zero-order valence-electron chi connectivity index (χ0n) is 15.1. The van der Waals surface area contributed by atoms with Crippen LogP contribution in [0, 0.1) is 0 Å². The molecule has 1 fully saturated rings. The van der Waals surface area contributed by atoms with Crippen molar-refractivity contribution in [3.63, 3.8) is 0 Å². The van der Waals surface area contributed by atoms with E-state index in [1.807, 2.05) is 17.6 Å². The first kappa shape index (κ1) is 18.4. The van der Waals surface area contributed by atoms with Gasteiger partial charge in [-0.05, 0) is 55.8 Å². The van der Waals surface area contributed by atoms with Crippen molar-refractivity contribution in [1.29, 1.82) is 0 Å². The SMILES string of the molecule is CCn1c(Sc2ncccn2)nc2cc(S(=O)(=O)N3CCCCC3)ccc21. The molecule has 0 amide bonds. The number of benzene rings is 1. The summed E-state index contributed by atoms with van der Waals surface area (Å²) in [7, 11) is -3.47. The molecule has 4 rings (SSSR count). The summed E-state index contributed by atoms with van der Waals surface area (Å²) in [5.41, 5.74) is 1.59. The zero-order chi connectivity index (χ0) is 18.9. The number of piperidine rings is 1. The summed E-state index contributed by atoms with van der Waals surface area (Å²) in [6, 6.07) is 6.98. The molecule has 1 aliphatic heterocycles. The standard InChI is InChI=1S/C18H21N5O2S2/c1-2-23-16-8-7-14(27(24,25)22-11-4-3-5-12-22)13-15(16)21-18(23)26-17-19-9-6-10-20-17/h6-10,13H,2-5,11-12H2,1H3. The molecule has 0 radical (unpaired) electrons. The third-order valence-corrected chi connectivity index (χ3v) is 7.46. The van der Waals surface area contributed by atoms with Crippen LogP contribution in [0.5, 0.6) is 0 Å². The molecule has 0 bridgehead atoms. The van der Waals surface area contributed by atoms with Gasteiger partial charge in [0, 0.05) is 32.0 Å². The molecule has 27 heavy (non-hydrogen) atoms. The first-order valence-electron chi connectivity index (χ1n) is 9.05. The highest BCUT2D eigenvalue weighted by Gasteiger charge is 2.26. The average Bonchev–Trinajstić information content (AvgIpc) is 3.05. The molecule has 1 aliphatic rings. The lowest BCUT2D eigenvalue weighted by molar-refractivity contribution is 0.346. The van der Waals surface area contributed by atoms with Crippen molar-refractivity contribution >= 4 is 32.8 Å². The maximum atomic E-state index is 12.9. The third kappa shape index (κ3) is 3.59. The highest BCUT2D eigenvalue weighted by Crippen LogP contribution is 2.30. The van der Waals surface area contributed by atoms with E-state index in [2.05, 4.69) is 15.0 Å². The molecule has 0 saturated carbocycles. The fraction of sp³-hybridized carbons (Fsp3) is 0.389. The van der Waals surface area contributed by atoms with Crippen LogP contribution in [0.15, 0.2) is 51.9 Å². The molecule has 2 aromatic heterocycles. The second-order valence-electron chi connectivity index (χ2n) is 6.39. The minimum absolute atomic E-state index is 0.310. The van der Waals surface area contributed by atoms with E-state index in [0.29, 0.717) is 28.7 Å². The van der Waals surface area contributed by atoms with Gasteiger partial charge in [-0.2, -0.15) is 4.31 Å². The van der Waals surface area contributed by atoms with Crippen molar-refractivity contribution in [2.24, 2.45) is 0 Å². The van der Waals surface area contributed by atoms with E-state index < -0.39 is 10.0 Å². The van der Waals surface area contributed by atoms with Gasteiger partial charge in [0.1, 0.15) is 0 Å². The van der Waals surface area contributed by atoms with E-state index in [1.54, 1.807) is 34.9 Å². The van der Waals surface area contributed by atoms with Crippen LogP contribution in [0.1, 0.15) is 26.2 Å². The molecule has 0 unspecified atom stereocenters. The zero-order valence-corrected chi connectivity index (χ0v) is 16.7. The van der Waals surface area contributed by atoms with E-state index >= 15 is 0 Å². The molecule has 9 heteroatoms. The summed E-state index contributed by atoms with van der Waals surface area (Å²) in [5.74, 6) is 0. The number of hydrogen-bond acceptors (Lipinski definition) is 6. The van der Waals surface area contributed by atoms with Gasteiger partial charge >= 0.3 is 0 Å². The predicted octanol–water partition coefficient (Wildman–Crippen LogP) is 3.17. The Morgan fingerprint density at radius 1 is 1.11 bits per heavy atom. The molecule has 0 atom stereocenters. The van der Waals surface area contributed by atoms with Gasteiger partial charge in [0.05, 0.1) is 15.9 Å². The number of aryl methyl sites for hydroxylation is 1. The van der Waals surface area contributed by atoms with Gasteiger partial charge in [-0.25, -0.2) is 23.4 Å². The van der Waals surface area contributed by atoms with Gasteiger partial charge in [-0.3, -0.25) is 0 Å². The maximum Gasteiger partial charge on any atom is 0.243 e. The van der Waals surface area contributed by atoms with Crippen molar-refractivity contribution in [2.45, 2.75) is 47.9 Å². The summed E-state index contributed by atoms with van der Waals surface area (Å²) in [5, 5.41) is 1.37. The quantitative estimate of drug-likeness (QED) is 0.609. The van der Waals surface area contributed by atoms with Gasteiger partial charge in [0.15, 0.2) is 10.3 Å². The Morgan fingerprint density at radius 2 is 1.85 bits per heavy atom. The summed E-state index contributed by atoms with van der Waals surface area (Å²) in [4.78, 5) is 13.4. The van der Waals surface area contributed by atoms with Crippen LogP contribution >= 0.6 is 11.8 Å². The summed E-state index contributed by atoms with van der Waals surface area (Å²) in [6.45, 7) is 3.95. The first-order valence-corrected chi connectivity index (χ1v) is 11.3. The smallest absolute Gasteiger partial charge is 0.243 e. The lowest BCUT2D eigenvalue weighted by Crippen LogP contribution is -2.35. The van der Waals surface area contributed by atoms with Crippen LogP contribution in [-0.2, 0) is 16.6 Å². The number of sulfonamides is 1. The van der Waals surface area contributed by atoms with Crippen molar-refractivity contribution in [1.82, 2.24) is 23.8 Å². The molecule has 0 N–H and O–H groups in total. The van der Waals surface area contributed by atoms with Crippen molar-refractivity contribution in [2.75, 3.05) is 13.1 Å². The fourth-order valence-corrected chi connectivity index (χ4v) is 5.72. The number of fused-ring (bicyclic) bond motifs is 1. The second kappa shape index (κ2) is 7.57. The highest BCUT2D eigenvalue weighted by atomic mass is 32.2. The van der Waals surface area contributed by atoms with Crippen molar-refractivity contribution < 1.29 is 8.42 Å². The van der Waals surface area contributed by atoms with E-state index in [4.69, 9.17) is 0 Å². The normalized spacial score (nSPS) is 16.0. The van der Waals surface area contributed by atoms with E-state index in [0.717, 1.165) is 36.5 Å². The largest absolute Gasteiger partial charge is 0.319 e. The van der Waals surface area contributed by atoms with Crippen LogP contribution in [0.4, 0.5) is 0 Å². The van der Waals surface area contributed by atoms with Crippen LogP contribution in [0.25, 0.3) is 11.0 Å². The highest BCUT2D eigenvalue weighted by molar-refractivity contribution is 7.99. The minimum Gasteiger partial charge on any atom is -0.319 e. The lowest BCUT2D eigenvalue weighted by Gasteiger charge is -2.25. The van der Waals surface area contributed by atoms with Crippen molar-refractivity contribution in [3.05, 3.63) is 36.7 Å². The van der Waals surface area contributed by atoms with Crippen LogP contribution in [0.3, 0.4) is 0 Å². The maximum absolute atomic E-state index is 12.9. The van der Waals surface area contributed by atoms with E-state index in [9.17, 15) is 8.42 Å². The molecule has 1 aromatic carbocycles. The Labute approximate surface area is 162 Å². The Bertz CT molecular complexity index is 1040. The molecule has 3 aromatic rings. The van der Waals surface area contributed by atoms with Crippen LogP contribution in [-0.4, -0.2) is 45.3 Å². The summed E-state index contributed by atoms with van der Waals surface area (Å²) in [6.07, 6.45) is 6.32. The van der Waals surface area contributed by atoms with E-state index in [1.165, 1.54) is 11.8 Å². The third-order valence-electron chi connectivity index (χ3n) is 4.68. The number of nitrogens with zero attached hydrogens (tertiary/aromatic N) is 5. The van der Waals surface area contributed by atoms with Crippen LogP contribution in [0.2, 0.25) is 0 Å².